The first-order chi connectivity index (χ1) is 10.3. The van der Waals surface area contributed by atoms with Crippen molar-refractivity contribution in [2.24, 2.45) is 4.99 Å². The zero-order valence-electron chi connectivity index (χ0n) is 11.7. The van der Waals surface area contributed by atoms with E-state index in [1.807, 2.05) is 19.0 Å². The fourth-order valence-electron chi connectivity index (χ4n) is 1.70. The zero-order valence-corrected chi connectivity index (χ0v) is 13.8. The van der Waals surface area contributed by atoms with Crippen molar-refractivity contribution in [1.82, 2.24) is 0 Å². The molecule has 0 aliphatic carbocycles. The molecule has 2 nitrogen and oxygen atoms in total. The Hall–Kier alpha value is -1.64. The van der Waals surface area contributed by atoms with Crippen molar-refractivity contribution >= 4 is 40.2 Å². The van der Waals surface area contributed by atoms with Crippen LogP contribution in [0.5, 0.6) is 0 Å². The molecule has 0 fully saturated rings. The van der Waals surface area contributed by atoms with Crippen molar-refractivity contribution in [2.45, 2.75) is 0 Å². The molecule has 2 aromatic carbocycles. The lowest BCUT2D eigenvalue weighted by Gasteiger charge is -2.11. The Morgan fingerprint density at radius 2 is 1.41 bits per heavy atom. The number of rotatable bonds is 3. The van der Waals surface area contributed by atoms with E-state index >= 15 is 0 Å². The maximum atomic E-state index is 13.7. The van der Waals surface area contributed by atoms with Gasteiger partial charge in [-0.25, -0.2) is 22.6 Å². The van der Waals surface area contributed by atoms with Crippen LogP contribution in [0.1, 0.15) is 5.56 Å². The largest absolute Gasteiger partial charge is 0.378 e. The topological polar surface area (TPSA) is 15.6 Å². The van der Waals surface area contributed by atoms with Crippen LogP contribution in [0.25, 0.3) is 0 Å². The van der Waals surface area contributed by atoms with E-state index in [-0.39, 0.29) is 0 Å². The Balaban J connectivity index is 2.38. The van der Waals surface area contributed by atoms with Gasteiger partial charge in [-0.1, -0.05) is 12.1 Å². The molecule has 22 heavy (non-hydrogen) atoms. The number of halogens is 5. The molecule has 0 saturated heterocycles. The highest BCUT2D eigenvalue weighted by atomic mass is 127. The van der Waals surface area contributed by atoms with E-state index in [4.69, 9.17) is 0 Å². The van der Waals surface area contributed by atoms with Crippen molar-refractivity contribution < 1.29 is 17.6 Å². The lowest BCUT2D eigenvalue weighted by molar-refractivity contribution is 0.449. The van der Waals surface area contributed by atoms with Gasteiger partial charge >= 0.3 is 0 Å². The highest BCUT2D eigenvalue weighted by molar-refractivity contribution is 14.1. The summed E-state index contributed by atoms with van der Waals surface area (Å²) in [6.45, 7) is 0. The Morgan fingerprint density at radius 3 is 1.86 bits per heavy atom. The number of anilines is 1. The lowest BCUT2D eigenvalue weighted by Crippen LogP contribution is -2.08. The van der Waals surface area contributed by atoms with Crippen LogP contribution < -0.4 is 4.90 Å². The fraction of sp³-hybridized carbons (Fsp3) is 0.133. The molecule has 0 aliphatic heterocycles. The quantitative estimate of drug-likeness (QED) is 0.231. The summed E-state index contributed by atoms with van der Waals surface area (Å²) >= 11 is 1.20. The average molecular weight is 422 g/mol. The van der Waals surface area contributed by atoms with Gasteiger partial charge in [0, 0.05) is 26.0 Å². The Kier molecular flexibility index (Phi) is 5.05. The summed E-state index contributed by atoms with van der Waals surface area (Å²) in [6, 6.07) is 6.91. The van der Waals surface area contributed by atoms with Gasteiger partial charge in [0.05, 0.1) is 3.57 Å². The molecule has 2 rings (SSSR count). The van der Waals surface area contributed by atoms with Crippen LogP contribution in [0, 0.1) is 26.8 Å². The number of aliphatic imine (C=N–C) groups is 1. The average Bonchev–Trinajstić information content (AvgIpc) is 2.51. The van der Waals surface area contributed by atoms with Crippen LogP contribution in [0.15, 0.2) is 29.3 Å². The molecule has 0 radical (unpaired) electrons. The Bertz CT molecular complexity index is 698. The minimum Gasteiger partial charge on any atom is -0.378 e. The van der Waals surface area contributed by atoms with Crippen LogP contribution in [0.3, 0.4) is 0 Å². The first-order valence-electron chi connectivity index (χ1n) is 6.15. The minimum absolute atomic E-state index is 0.545. The summed E-state index contributed by atoms with van der Waals surface area (Å²) < 4.78 is 53.5. The summed E-state index contributed by atoms with van der Waals surface area (Å²) in [5.74, 6) is -5.92. The van der Waals surface area contributed by atoms with E-state index in [1.54, 1.807) is 24.3 Å². The van der Waals surface area contributed by atoms with Gasteiger partial charge in [-0.15, -0.1) is 0 Å². The van der Waals surface area contributed by atoms with Crippen molar-refractivity contribution in [3.8, 4) is 0 Å². The molecule has 0 atom stereocenters. The maximum absolute atomic E-state index is 13.7. The first kappa shape index (κ1) is 16.7. The fourth-order valence-corrected chi connectivity index (χ4v) is 2.18. The normalized spacial score (nSPS) is 11.2. The van der Waals surface area contributed by atoms with Crippen molar-refractivity contribution in [3.05, 3.63) is 56.7 Å². The minimum atomic E-state index is -1.51. The van der Waals surface area contributed by atoms with Crippen molar-refractivity contribution in [1.29, 1.82) is 0 Å². The van der Waals surface area contributed by atoms with E-state index < -0.39 is 32.5 Å². The van der Waals surface area contributed by atoms with Crippen molar-refractivity contribution in [2.75, 3.05) is 19.0 Å². The molecular weight excluding hydrogens is 411 g/mol. The van der Waals surface area contributed by atoms with E-state index in [0.29, 0.717) is 5.56 Å². The number of hydrogen-bond acceptors (Lipinski definition) is 2. The first-order valence-corrected chi connectivity index (χ1v) is 7.23. The van der Waals surface area contributed by atoms with Gasteiger partial charge in [0.15, 0.2) is 23.3 Å². The van der Waals surface area contributed by atoms with Crippen LogP contribution >= 0.6 is 22.6 Å². The Morgan fingerprint density at radius 1 is 0.909 bits per heavy atom. The third-order valence-corrected chi connectivity index (χ3v) is 3.89. The van der Waals surface area contributed by atoms with Gasteiger partial charge < -0.3 is 4.90 Å². The molecule has 116 valence electrons. The van der Waals surface area contributed by atoms with Crippen LogP contribution in [0.2, 0.25) is 0 Å². The smallest absolute Gasteiger partial charge is 0.188 e. The summed E-state index contributed by atoms with van der Waals surface area (Å²) in [7, 11) is 3.73. The van der Waals surface area contributed by atoms with Gasteiger partial charge in [0.2, 0.25) is 0 Å². The molecule has 0 spiro atoms. The molecule has 0 heterocycles. The molecule has 0 aliphatic rings. The summed E-state index contributed by atoms with van der Waals surface area (Å²) in [5.41, 5.74) is 0.497. The summed E-state index contributed by atoms with van der Waals surface area (Å²) in [5, 5.41) is 0. The standard InChI is InChI=1S/C15H11F4IN2/c1-22(2)9-5-3-8(4-6-9)7-21-15-12(18)10(16)14(20)11(17)13(15)19/h3-7H,1-2H3. The molecule has 2 aromatic rings. The highest BCUT2D eigenvalue weighted by Crippen LogP contribution is 2.30. The van der Waals surface area contributed by atoms with Gasteiger partial charge in [0.25, 0.3) is 0 Å². The number of hydrogen-bond donors (Lipinski definition) is 0. The number of benzene rings is 2. The molecular formula is C15H11F4IN2. The van der Waals surface area contributed by atoms with E-state index in [1.165, 1.54) is 22.6 Å². The van der Waals surface area contributed by atoms with Gasteiger partial charge in [-0.2, -0.15) is 0 Å². The van der Waals surface area contributed by atoms with Gasteiger partial charge in [-0.3, -0.25) is 0 Å². The lowest BCUT2D eigenvalue weighted by atomic mass is 10.2. The van der Waals surface area contributed by atoms with E-state index in [0.717, 1.165) is 11.9 Å². The van der Waals surface area contributed by atoms with E-state index in [9.17, 15) is 17.6 Å². The monoisotopic (exact) mass is 422 g/mol. The molecule has 0 unspecified atom stereocenters. The SMILES string of the molecule is CN(C)c1ccc(C=Nc2c(F)c(F)c(I)c(F)c2F)cc1. The summed E-state index contributed by atoms with van der Waals surface area (Å²) in [4.78, 5) is 5.42. The molecule has 0 aromatic heterocycles. The third kappa shape index (κ3) is 3.23. The Labute approximate surface area is 138 Å². The van der Waals surface area contributed by atoms with E-state index in [2.05, 4.69) is 4.99 Å². The van der Waals surface area contributed by atoms with Crippen LogP contribution in [-0.4, -0.2) is 20.3 Å². The highest BCUT2D eigenvalue weighted by Gasteiger charge is 2.23. The molecule has 0 N–H and O–H groups in total. The maximum Gasteiger partial charge on any atom is 0.188 e. The second-order valence-corrected chi connectivity index (χ2v) is 5.74. The predicted molar refractivity (Wildman–Crippen MR) is 87.0 cm³/mol. The second-order valence-electron chi connectivity index (χ2n) is 4.66. The van der Waals surface area contributed by atoms with Gasteiger partial charge in [0.1, 0.15) is 5.69 Å². The second kappa shape index (κ2) is 6.64. The van der Waals surface area contributed by atoms with Crippen molar-refractivity contribution in [3.63, 3.8) is 0 Å². The molecule has 0 saturated carbocycles. The summed E-state index contributed by atoms with van der Waals surface area (Å²) in [6.07, 6.45) is 1.15. The predicted octanol–water partition coefficient (Wildman–Crippen LogP) is 4.66. The zero-order chi connectivity index (χ0) is 16.4. The molecule has 0 amide bonds. The number of nitrogens with zero attached hydrogens (tertiary/aromatic N) is 2. The molecule has 0 bridgehead atoms. The third-order valence-electron chi connectivity index (χ3n) is 2.94. The van der Waals surface area contributed by atoms with Crippen LogP contribution in [-0.2, 0) is 0 Å². The molecule has 7 heteroatoms. The van der Waals surface area contributed by atoms with Gasteiger partial charge in [-0.05, 0) is 40.3 Å². The van der Waals surface area contributed by atoms with Crippen LogP contribution in [0.4, 0.5) is 28.9 Å².